The third kappa shape index (κ3) is 13.7. The molecule has 5 atom stereocenters. The number of carbonyl (C=O) groups is 5. The molecule has 0 radical (unpaired) electrons. The lowest BCUT2D eigenvalue weighted by molar-refractivity contribution is -0.658. The first-order chi connectivity index (χ1) is 22.8. The van der Waals surface area contributed by atoms with Crippen molar-refractivity contribution in [2.24, 2.45) is 11.3 Å². The van der Waals surface area contributed by atoms with E-state index in [1.165, 1.54) is 17.4 Å². The van der Waals surface area contributed by atoms with Gasteiger partial charge in [0, 0.05) is 25.3 Å². The molecule has 0 spiro atoms. The molecule has 0 aromatic carbocycles. The maximum Gasteiger partial charge on any atom is 0.315 e. The maximum atomic E-state index is 14.1. The highest BCUT2D eigenvalue weighted by atomic mass is 32.2. The maximum absolute atomic E-state index is 14.1. The molecule has 13 nitrogen and oxygen atoms in total. The quantitative estimate of drug-likeness (QED) is 0.0382. The number of unbranched alkanes of at least 4 members (excludes halogenated alkanes) is 1. The van der Waals surface area contributed by atoms with Crippen LogP contribution in [0, 0.1) is 23.7 Å². The zero-order chi connectivity index (χ0) is 35.7. The van der Waals surface area contributed by atoms with Crippen molar-refractivity contribution in [1.29, 1.82) is 0 Å². The van der Waals surface area contributed by atoms with Gasteiger partial charge < -0.3 is 36.0 Å². The van der Waals surface area contributed by atoms with Gasteiger partial charge in [-0.15, -0.1) is 18.9 Å². The van der Waals surface area contributed by atoms with E-state index in [1.54, 1.807) is 0 Å². The van der Waals surface area contributed by atoms with Gasteiger partial charge in [-0.3, -0.25) is 19.2 Å². The Kier molecular flexibility index (Phi) is 17.8. The zero-order valence-corrected chi connectivity index (χ0v) is 29.7. The average molecular weight is 694 g/mol. The molecular formula is C34H57N6O7S+. The van der Waals surface area contributed by atoms with Crippen molar-refractivity contribution in [2.45, 2.75) is 116 Å². The van der Waals surface area contributed by atoms with Crippen molar-refractivity contribution >= 4 is 40.6 Å². The molecule has 0 aromatic heterocycles. The van der Waals surface area contributed by atoms with Gasteiger partial charge in [-0.05, 0) is 56.3 Å². The third-order valence-corrected chi connectivity index (χ3v) is 9.64. The highest BCUT2D eigenvalue weighted by Crippen LogP contribution is 2.28. The summed E-state index contributed by atoms with van der Waals surface area (Å²) >= 11 is -1.79. The van der Waals surface area contributed by atoms with Crippen LogP contribution in [0.5, 0.6) is 0 Å². The van der Waals surface area contributed by atoms with Gasteiger partial charge in [0.05, 0.1) is 25.2 Å². The van der Waals surface area contributed by atoms with Crippen LogP contribution in [0.25, 0.3) is 0 Å². The molecule has 48 heavy (non-hydrogen) atoms. The van der Waals surface area contributed by atoms with Crippen LogP contribution in [0.1, 0.15) is 91.4 Å². The molecule has 7 N–H and O–H groups in total. The van der Waals surface area contributed by atoms with Crippen molar-refractivity contribution in [2.75, 3.05) is 31.9 Å². The molecule has 1 aliphatic heterocycles. The van der Waals surface area contributed by atoms with Gasteiger partial charge in [-0.25, -0.2) is 9.00 Å². The number of terminal acetylenes is 1. The Hall–Kier alpha value is -3.28. The summed E-state index contributed by atoms with van der Waals surface area (Å²) in [5, 5.41) is 13.3. The van der Waals surface area contributed by atoms with Gasteiger partial charge in [0.15, 0.2) is 11.1 Å². The Balaban J connectivity index is 2.12. The number of hydrogen-bond donors (Lipinski definition) is 6. The van der Waals surface area contributed by atoms with Gasteiger partial charge in [-0.2, -0.15) is 0 Å². The minimum atomic E-state index is -1.79. The number of urea groups is 1. The number of nitrogens with two attached hydrogens (primary N) is 1. The van der Waals surface area contributed by atoms with E-state index in [4.69, 9.17) is 11.0 Å². The molecule has 270 valence electrons. The molecule has 0 aromatic rings. The third-order valence-electron chi connectivity index (χ3n) is 9.00. The fourth-order valence-electron chi connectivity index (χ4n) is 6.35. The van der Waals surface area contributed by atoms with E-state index in [-0.39, 0.29) is 31.2 Å². The molecule has 1 saturated carbocycles. The Morgan fingerprint density at radius 1 is 1.06 bits per heavy atom. The second-order valence-electron chi connectivity index (χ2n) is 13.8. The number of likely N-dealkylation sites (tertiary alicyclic amines) is 1. The normalized spacial score (nSPS) is 19.2. The molecule has 1 aliphatic carbocycles. The summed E-state index contributed by atoms with van der Waals surface area (Å²) in [6.07, 6.45) is 14.8. The van der Waals surface area contributed by atoms with Crippen molar-refractivity contribution in [3.8, 4) is 12.3 Å². The number of amides is 5. The Morgan fingerprint density at radius 2 is 1.77 bits per heavy atom. The lowest BCUT2D eigenvalue weighted by Crippen LogP contribution is -2.88. The predicted octanol–water partition coefficient (Wildman–Crippen LogP) is 0.975. The molecule has 0 bridgehead atoms. The van der Waals surface area contributed by atoms with Crippen LogP contribution in [-0.2, 0) is 30.3 Å². The monoisotopic (exact) mass is 693 g/mol. The van der Waals surface area contributed by atoms with Crippen molar-refractivity contribution < 1.29 is 38.1 Å². The van der Waals surface area contributed by atoms with Gasteiger partial charge in [0.2, 0.25) is 17.6 Å². The first kappa shape index (κ1) is 40.9. The SMILES string of the molecule is C#CCCC(NC(=O)[C@@H]1CCCN1C(=O)[C@@H](NC(=O)N[C@H](C[NH2+]CCCCS(=O)O)C1CCCCC1)C(C)(C)C)C(=O)C(=O)NCC=C. The van der Waals surface area contributed by atoms with E-state index in [1.807, 2.05) is 20.8 Å². The molecule has 1 heterocycles. The average Bonchev–Trinajstić information content (AvgIpc) is 3.55. The van der Waals surface area contributed by atoms with Crippen LogP contribution >= 0.6 is 0 Å². The fourth-order valence-corrected chi connectivity index (χ4v) is 6.80. The molecule has 2 aliphatic rings. The van der Waals surface area contributed by atoms with E-state index in [2.05, 4.69) is 39.1 Å². The van der Waals surface area contributed by atoms with E-state index >= 15 is 0 Å². The first-order valence-electron chi connectivity index (χ1n) is 17.2. The predicted molar refractivity (Wildman–Crippen MR) is 185 cm³/mol. The summed E-state index contributed by atoms with van der Waals surface area (Å²) < 4.78 is 19.9. The number of ketones is 1. The number of rotatable bonds is 19. The van der Waals surface area contributed by atoms with E-state index < -0.39 is 64.2 Å². The van der Waals surface area contributed by atoms with Crippen LogP contribution in [0.3, 0.4) is 0 Å². The van der Waals surface area contributed by atoms with E-state index in [9.17, 15) is 28.2 Å². The van der Waals surface area contributed by atoms with Crippen LogP contribution in [-0.4, -0.2) is 99.3 Å². The van der Waals surface area contributed by atoms with Crippen LogP contribution in [0.15, 0.2) is 12.7 Å². The summed E-state index contributed by atoms with van der Waals surface area (Å²) in [5.41, 5.74) is -0.689. The van der Waals surface area contributed by atoms with Crippen LogP contribution in [0.4, 0.5) is 4.79 Å². The second-order valence-corrected chi connectivity index (χ2v) is 14.9. The van der Waals surface area contributed by atoms with Gasteiger partial charge in [-0.1, -0.05) is 46.1 Å². The number of Topliss-reactive ketones (excluding diaryl/α,β-unsaturated/α-hetero) is 1. The highest BCUT2D eigenvalue weighted by molar-refractivity contribution is 7.79. The molecule has 14 heteroatoms. The largest absolute Gasteiger partial charge is 0.346 e. The number of quaternary nitrogens is 1. The van der Waals surface area contributed by atoms with Crippen molar-refractivity contribution in [3.63, 3.8) is 0 Å². The number of carbonyl (C=O) groups excluding carboxylic acids is 5. The summed E-state index contributed by atoms with van der Waals surface area (Å²) in [6, 6.07) is -3.53. The smallest absolute Gasteiger partial charge is 0.315 e. The lowest BCUT2D eigenvalue weighted by atomic mass is 9.83. The van der Waals surface area contributed by atoms with Crippen molar-refractivity contribution in [3.05, 3.63) is 12.7 Å². The topological polar surface area (TPSA) is 191 Å². The standard InChI is InChI=1S/C34H56N6O7S/c1-6-8-17-25(28(41)31(43)36-19-7-2)37-30(42)27-18-14-21-40(27)32(44)29(34(3,4)5)39-33(45)38-26(24-15-10-9-11-16-24)23-35-20-12-13-22-48(46)47/h1,7,24-27,29,35H,2,8-23H2,3-5H3,(H,36,43)(H,37,42)(H,46,47)(H2,38,39,45)/p+1/t25?,26-,27+,29-/m1/s1. The molecular weight excluding hydrogens is 636 g/mol. The number of hydrogen-bond acceptors (Lipinski definition) is 6. The molecule has 1 saturated heterocycles. The Bertz CT molecular complexity index is 1180. The summed E-state index contributed by atoms with van der Waals surface area (Å²) in [6.45, 7) is 10.9. The number of nitrogens with zero attached hydrogens (tertiary/aromatic N) is 1. The summed E-state index contributed by atoms with van der Waals surface area (Å²) in [7, 11) is 0. The molecule has 2 rings (SSSR count). The summed E-state index contributed by atoms with van der Waals surface area (Å²) in [4.78, 5) is 67.7. The minimum Gasteiger partial charge on any atom is -0.346 e. The molecule has 5 amide bonds. The minimum absolute atomic E-state index is 0.0682. The number of nitrogens with one attached hydrogen (secondary N) is 4. The summed E-state index contributed by atoms with van der Waals surface area (Å²) in [5.74, 6) is 0.357. The Morgan fingerprint density at radius 3 is 2.40 bits per heavy atom. The second kappa shape index (κ2) is 20.9. The highest BCUT2D eigenvalue weighted by Gasteiger charge is 2.43. The zero-order valence-electron chi connectivity index (χ0n) is 28.9. The molecule has 2 fully saturated rings. The van der Waals surface area contributed by atoms with Crippen LogP contribution in [0.2, 0.25) is 0 Å². The van der Waals surface area contributed by atoms with Gasteiger partial charge >= 0.3 is 6.03 Å². The van der Waals surface area contributed by atoms with Crippen LogP contribution < -0.4 is 26.6 Å². The van der Waals surface area contributed by atoms with Gasteiger partial charge in [0.1, 0.15) is 12.1 Å². The van der Waals surface area contributed by atoms with Crippen molar-refractivity contribution in [1.82, 2.24) is 26.2 Å². The molecule has 2 unspecified atom stereocenters. The van der Waals surface area contributed by atoms with E-state index in [0.29, 0.717) is 38.3 Å². The van der Waals surface area contributed by atoms with E-state index in [0.717, 1.165) is 38.6 Å². The fraction of sp³-hybridized carbons (Fsp3) is 0.735. The Labute approximate surface area is 288 Å². The first-order valence-corrected chi connectivity index (χ1v) is 18.5. The lowest BCUT2D eigenvalue weighted by Gasteiger charge is -2.36. The van der Waals surface area contributed by atoms with Gasteiger partial charge in [0.25, 0.3) is 5.91 Å².